The molecule has 16 heavy (non-hydrogen) atoms. The van der Waals surface area contributed by atoms with E-state index in [4.69, 9.17) is 5.73 Å². The fourth-order valence-electron chi connectivity index (χ4n) is 2.57. The third kappa shape index (κ3) is 2.11. The average Bonchev–Trinajstić information content (AvgIpc) is 2.74. The molecular weight excluding hydrogens is 226 g/mol. The zero-order valence-electron chi connectivity index (χ0n) is 9.80. The van der Waals surface area contributed by atoms with Crippen LogP contribution in [0.15, 0.2) is 0 Å². The highest BCUT2D eigenvalue weighted by Gasteiger charge is 2.37. The molecule has 6 heteroatoms. The fourth-order valence-corrected chi connectivity index (χ4v) is 4.04. The Morgan fingerprint density at radius 2 is 2.12 bits per heavy atom. The fraction of sp³-hybridized carbons (Fsp3) is 1.00. The van der Waals surface area contributed by atoms with Gasteiger partial charge in [-0.15, -0.1) is 0 Å². The first kappa shape index (κ1) is 12.3. The molecule has 0 aromatic carbocycles. The van der Waals surface area contributed by atoms with Crippen molar-refractivity contribution >= 4 is 10.0 Å². The first-order chi connectivity index (χ1) is 7.55. The maximum Gasteiger partial charge on any atom is 0.218 e. The van der Waals surface area contributed by atoms with Gasteiger partial charge in [0.05, 0.1) is 5.25 Å². The molecule has 0 bridgehead atoms. The van der Waals surface area contributed by atoms with E-state index in [0.717, 1.165) is 19.5 Å². The largest absolute Gasteiger partial charge is 0.329 e. The van der Waals surface area contributed by atoms with Crippen LogP contribution in [0.2, 0.25) is 0 Å². The standard InChI is InChI=1S/C10H21N3O2S/c1-9(7-11)16(14,15)13-6-5-12-4-2-3-10(12)8-13/h9-10H,2-8,11H2,1H3. The molecule has 2 heterocycles. The van der Waals surface area contributed by atoms with Gasteiger partial charge in [0.2, 0.25) is 10.0 Å². The summed E-state index contributed by atoms with van der Waals surface area (Å²) < 4.78 is 25.9. The molecular formula is C10H21N3O2S. The summed E-state index contributed by atoms with van der Waals surface area (Å²) in [5.41, 5.74) is 5.46. The molecule has 0 aromatic rings. The Bertz CT molecular complexity index is 344. The van der Waals surface area contributed by atoms with E-state index in [1.54, 1.807) is 11.2 Å². The van der Waals surface area contributed by atoms with E-state index >= 15 is 0 Å². The molecule has 0 spiro atoms. The van der Waals surface area contributed by atoms with Gasteiger partial charge in [0.1, 0.15) is 0 Å². The summed E-state index contributed by atoms with van der Waals surface area (Å²) in [5.74, 6) is 0. The van der Waals surface area contributed by atoms with Crippen LogP contribution in [0.5, 0.6) is 0 Å². The number of piperazine rings is 1. The van der Waals surface area contributed by atoms with Gasteiger partial charge in [-0.2, -0.15) is 4.31 Å². The quantitative estimate of drug-likeness (QED) is 0.726. The molecule has 94 valence electrons. The summed E-state index contributed by atoms with van der Waals surface area (Å²) in [4.78, 5) is 2.40. The second kappa shape index (κ2) is 4.60. The smallest absolute Gasteiger partial charge is 0.218 e. The van der Waals surface area contributed by atoms with Gasteiger partial charge in [-0.1, -0.05) is 0 Å². The van der Waals surface area contributed by atoms with E-state index in [0.29, 0.717) is 19.1 Å². The van der Waals surface area contributed by atoms with E-state index in [1.165, 1.54) is 6.42 Å². The van der Waals surface area contributed by atoms with Gasteiger partial charge in [0, 0.05) is 32.2 Å². The summed E-state index contributed by atoms with van der Waals surface area (Å²) in [5, 5.41) is -0.458. The van der Waals surface area contributed by atoms with Gasteiger partial charge >= 0.3 is 0 Å². The van der Waals surface area contributed by atoms with Crippen LogP contribution in [0, 0.1) is 0 Å². The normalized spacial score (nSPS) is 30.2. The van der Waals surface area contributed by atoms with Crippen molar-refractivity contribution in [3.63, 3.8) is 0 Å². The van der Waals surface area contributed by atoms with Crippen LogP contribution in [0.1, 0.15) is 19.8 Å². The lowest BCUT2D eigenvalue weighted by molar-refractivity contribution is 0.157. The summed E-state index contributed by atoms with van der Waals surface area (Å²) in [7, 11) is -3.17. The second-order valence-corrected chi connectivity index (χ2v) is 7.13. The minimum Gasteiger partial charge on any atom is -0.329 e. The summed E-state index contributed by atoms with van der Waals surface area (Å²) in [6, 6.07) is 0.438. The summed E-state index contributed by atoms with van der Waals surface area (Å²) in [6.07, 6.45) is 2.33. The molecule has 0 amide bonds. The zero-order valence-corrected chi connectivity index (χ0v) is 10.6. The highest BCUT2D eigenvalue weighted by atomic mass is 32.2. The summed E-state index contributed by atoms with van der Waals surface area (Å²) >= 11 is 0. The predicted molar refractivity (Wildman–Crippen MR) is 63.6 cm³/mol. The Hall–Kier alpha value is -0.170. The minimum atomic E-state index is -3.17. The number of hydrogen-bond donors (Lipinski definition) is 1. The van der Waals surface area contributed by atoms with Crippen molar-refractivity contribution in [3.8, 4) is 0 Å². The number of fused-ring (bicyclic) bond motifs is 1. The van der Waals surface area contributed by atoms with E-state index in [9.17, 15) is 8.42 Å². The topological polar surface area (TPSA) is 66.6 Å². The molecule has 0 radical (unpaired) electrons. The Morgan fingerprint density at radius 1 is 1.38 bits per heavy atom. The third-order valence-electron chi connectivity index (χ3n) is 3.75. The van der Waals surface area contributed by atoms with Gasteiger partial charge in [-0.25, -0.2) is 8.42 Å². The molecule has 0 aromatic heterocycles. The lowest BCUT2D eigenvalue weighted by Gasteiger charge is -2.37. The average molecular weight is 247 g/mol. The maximum absolute atomic E-state index is 12.1. The molecule has 2 aliphatic rings. The van der Waals surface area contributed by atoms with Gasteiger partial charge in [0.25, 0.3) is 0 Å². The van der Waals surface area contributed by atoms with Gasteiger partial charge in [-0.3, -0.25) is 4.90 Å². The lowest BCUT2D eigenvalue weighted by Crippen LogP contribution is -2.54. The second-order valence-electron chi connectivity index (χ2n) is 4.78. The molecule has 2 unspecified atom stereocenters. The maximum atomic E-state index is 12.1. The third-order valence-corrected chi connectivity index (χ3v) is 6.01. The van der Waals surface area contributed by atoms with Crippen molar-refractivity contribution in [3.05, 3.63) is 0 Å². The Balaban J connectivity index is 2.06. The molecule has 2 N–H and O–H groups in total. The molecule has 0 aliphatic carbocycles. The zero-order chi connectivity index (χ0) is 11.8. The number of hydrogen-bond acceptors (Lipinski definition) is 4. The van der Waals surface area contributed by atoms with Crippen LogP contribution in [-0.2, 0) is 10.0 Å². The number of nitrogens with zero attached hydrogens (tertiary/aromatic N) is 2. The molecule has 5 nitrogen and oxygen atoms in total. The van der Waals surface area contributed by atoms with Crippen LogP contribution in [0.25, 0.3) is 0 Å². The summed E-state index contributed by atoms with van der Waals surface area (Å²) in [6.45, 7) is 5.19. The highest BCUT2D eigenvalue weighted by molar-refractivity contribution is 7.89. The monoisotopic (exact) mass is 247 g/mol. The highest BCUT2D eigenvalue weighted by Crippen LogP contribution is 2.24. The van der Waals surface area contributed by atoms with Crippen molar-refractivity contribution in [2.45, 2.75) is 31.1 Å². The molecule has 2 atom stereocenters. The number of sulfonamides is 1. The van der Waals surface area contributed by atoms with Crippen molar-refractivity contribution in [1.82, 2.24) is 9.21 Å². The van der Waals surface area contributed by atoms with E-state index in [-0.39, 0.29) is 6.54 Å². The Labute approximate surface area is 97.6 Å². The molecule has 0 saturated carbocycles. The molecule has 2 fully saturated rings. The van der Waals surface area contributed by atoms with Crippen molar-refractivity contribution < 1.29 is 8.42 Å². The van der Waals surface area contributed by atoms with Gasteiger partial charge < -0.3 is 5.73 Å². The Morgan fingerprint density at radius 3 is 2.81 bits per heavy atom. The van der Waals surface area contributed by atoms with Crippen LogP contribution in [-0.4, -0.2) is 61.6 Å². The van der Waals surface area contributed by atoms with Crippen LogP contribution < -0.4 is 5.73 Å². The lowest BCUT2D eigenvalue weighted by atomic mass is 10.2. The molecule has 2 saturated heterocycles. The van der Waals surface area contributed by atoms with Gasteiger partial charge in [-0.05, 0) is 26.3 Å². The number of rotatable bonds is 3. The van der Waals surface area contributed by atoms with Gasteiger partial charge in [0.15, 0.2) is 0 Å². The van der Waals surface area contributed by atoms with E-state index in [2.05, 4.69) is 4.90 Å². The predicted octanol–water partition coefficient (Wildman–Crippen LogP) is -0.557. The van der Waals surface area contributed by atoms with Crippen molar-refractivity contribution in [2.75, 3.05) is 32.7 Å². The van der Waals surface area contributed by atoms with Crippen LogP contribution >= 0.6 is 0 Å². The van der Waals surface area contributed by atoms with Crippen LogP contribution in [0.3, 0.4) is 0 Å². The minimum absolute atomic E-state index is 0.202. The SMILES string of the molecule is CC(CN)S(=O)(=O)N1CCN2CCCC2C1. The molecule has 2 aliphatic heterocycles. The molecule has 2 rings (SSSR count). The van der Waals surface area contributed by atoms with Crippen LogP contribution in [0.4, 0.5) is 0 Å². The number of nitrogens with two attached hydrogens (primary N) is 1. The van der Waals surface area contributed by atoms with Crippen molar-refractivity contribution in [1.29, 1.82) is 0 Å². The van der Waals surface area contributed by atoms with E-state index < -0.39 is 15.3 Å². The Kier molecular flexibility index (Phi) is 3.53. The van der Waals surface area contributed by atoms with E-state index in [1.807, 2.05) is 0 Å². The first-order valence-electron chi connectivity index (χ1n) is 5.99. The van der Waals surface area contributed by atoms with Crippen molar-refractivity contribution in [2.24, 2.45) is 5.73 Å². The first-order valence-corrected chi connectivity index (χ1v) is 7.49.